The fraction of sp³-hybridized carbons (Fsp3) is 0.600. The maximum Gasteiger partial charge on any atom is 0.127 e. The Morgan fingerprint density at radius 2 is 2.12 bits per heavy atom. The van der Waals surface area contributed by atoms with Crippen LogP contribution < -0.4 is 10.1 Å². The molecule has 1 atom stereocenters. The van der Waals surface area contributed by atoms with E-state index >= 15 is 0 Å². The van der Waals surface area contributed by atoms with Gasteiger partial charge in [-0.05, 0) is 58.2 Å². The van der Waals surface area contributed by atoms with Crippen LogP contribution in [0.15, 0.2) is 12.1 Å². The Kier molecular flexibility index (Phi) is 3.43. The molecular weight excluding hydrogens is 210 g/mol. The van der Waals surface area contributed by atoms with Crippen LogP contribution in [0.5, 0.6) is 5.75 Å². The van der Waals surface area contributed by atoms with Gasteiger partial charge in [0.05, 0.1) is 6.61 Å². The first kappa shape index (κ1) is 12.4. The van der Waals surface area contributed by atoms with Crippen molar-refractivity contribution in [1.82, 2.24) is 5.32 Å². The van der Waals surface area contributed by atoms with Crippen molar-refractivity contribution in [2.24, 2.45) is 0 Å². The molecule has 2 heteroatoms. The molecule has 0 aliphatic carbocycles. The van der Waals surface area contributed by atoms with Gasteiger partial charge in [-0.1, -0.05) is 12.1 Å². The summed E-state index contributed by atoms with van der Waals surface area (Å²) in [7, 11) is 0. The predicted molar refractivity (Wildman–Crippen MR) is 71.7 cm³/mol. The summed E-state index contributed by atoms with van der Waals surface area (Å²) >= 11 is 0. The van der Waals surface area contributed by atoms with Crippen LogP contribution in [0, 0.1) is 13.8 Å². The van der Waals surface area contributed by atoms with Crippen LogP contribution in [0.1, 0.15) is 43.4 Å². The Bertz CT molecular complexity index is 406. The van der Waals surface area contributed by atoms with E-state index < -0.39 is 0 Å². The number of aryl methyl sites for hydroxylation is 1. The minimum absolute atomic E-state index is 0.0863. The lowest BCUT2D eigenvalue weighted by Gasteiger charge is -2.28. The number of hydrogen-bond acceptors (Lipinski definition) is 2. The molecule has 1 N–H and O–H groups in total. The summed E-state index contributed by atoms with van der Waals surface area (Å²) in [5, 5.41) is 3.61. The third kappa shape index (κ3) is 2.19. The molecule has 1 saturated heterocycles. The van der Waals surface area contributed by atoms with E-state index in [1.54, 1.807) is 0 Å². The minimum Gasteiger partial charge on any atom is -0.493 e. The van der Waals surface area contributed by atoms with Crippen molar-refractivity contribution >= 4 is 0 Å². The molecule has 2 nitrogen and oxygen atoms in total. The van der Waals surface area contributed by atoms with Crippen LogP contribution in [0.3, 0.4) is 0 Å². The van der Waals surface area contributed by atoms with Crippen LogP contribution >= 0.6 is 0 Å². The molecule has 0 aromatic heterocycles. The van der Waals surface area contributed by atoms with Crippen LogP contribution in [0.2, 0.25) is 0 Å². The summed E-state index contributed by atoms with van der Waals surface area (Å²) in [6.45, 7) is 10.5. The Labute approximate surface area is 104 Å². The van der Waals surface area contributed by atoms with Crippen LogP contribution in [0.4, 0.5) is 0 Å². The molecule has 1 unspecified atom stereocenters. The second-order valence-corrected chi connectivity index (χ2v) is 5.18. The average molecular weight is 233 g/mol. The summed E-state index contributed by atoms with van der Waals surface area (Å²) in [4.78, 5) is 0. The highest BCUT2D eigenvalue weighted by Gasteiger charge is 2.33. The first-order valence-electron chi connectivity index (χ1n) is 6.57. The normalized spacial score (nSPS) is 24.0. The second kappa shape index (κ2) is 4.69. The molecule has 0 spiro atoms. The van der Waals surface area contributed by atoms with Crippen molar-refractivity contribution in [3.63, 3.8) is 0 Å². The Hall–Kier alpha value is -1.02. The zero-order chi connectivity index (χ0) is 12.5. The van der Waals surface area contributed by atoms with E-state index in [1.807, 2.05) is 0 Å². The maximum absolute atomic E-state index is 5.89. The van der Waals surface area contributed by atoms with Gasteiger partial charge in [-0.2, -0.15) is 0 Å². The van der Waals surface area contributed by atoms with E-state index in [4.69, 9.17) is 4.74 Å². The maximum atomic E-state index is 5.89. The van der Waals surface area contributed by atoms with Gasteiger partial charge in [-0.15, -0.1) is 0 Å². The fourth-order valence-corrected chi connectivity index (χ4v) is 2.68. The molecule has 1 heterocycles. The monoisotopic (exact) mass is 233 g/mol. The highest BCUT2D eigenvalue weighted by molar-refractivity contribution is 5.48. The van der Waals surface area contributed by atoms with Gasteiger partial charge in [0.15, 0.2) is 0 Å². The number of ether oxygens (including phenoxy) is 1. The molecule has 0 radical (unpaired) electrons. The lowest BCUT2D eigenvalue weighted by atomic mass is 9.87. The van der Waals surface area contributed by atoms with E-state index in [0.29, 0.717) is 0 Å². The first-order valence-corrected chi connectivity index (χ1v) is 6.57. The van der Waals surface area contributed by atoms with Gasteiger partial charge in [0.1, 0.15) is 5.75 Å². The average Bonchev–Trinajstić information content (AvgIpc) is 2.73. The minimum atomic E-state index is 0.0863. The molecule has 0 bridgehead atoms. The SMILES string of the molecule is CCOc1c(C2(C)CCCN2)ccc(C)c1C. The zero-order valence-corrected chi connectivity index (χ0v) is 11.4. The Morgan fingerprint density at radius 1 is 1.35 bits per heavy atom. The molecule has 1 aromatic carbocycles. The molecule has 1 aliphatic heterocycles. The van der Waals surface area contributed by atoms with E-state index in [2.05, 4.69) is 45.1 Å². The van der Waals surface area contributed by atoms with Crippen molar-refractivity contribution in [3.8, 4) is 5.75 Å². The van der Waals surface area contributed by atoms with Gasteiger partial charge >= 0.3 is 0 Å². The molecule has 1 aromatic rings. The van der Waals surface area contributed by atoms with Crippen molar-refractivity contribution in [1.29, 1.82) is 0 Å². The molecule has 17 heavy (non-hydrogen) atoms. The van der Waals surface area contributed by atoms with Crippen LogP contribution in [-0.2, 0) is 5.54 Å². The topological polar surface area (TPSA) is 21.3 Å². The predicted octanol–water partition coefficient (Wildman–Crippen LogP) is 3.30. The third-order valence-corrected chi connectivity index (χ3v) is 3.93. The van der Waals surface area contributed by atoms with Gasteiger partial charge in [0.2, 0.25) is 0 Å². The van der Waals surface area contributed by atoms with Crippen LogP contribution in [-0.4, -0.2) is 13.2 Å². The van der Waals surface area contributed by atoms with E-state index in [1.165, 1.54) is 29.5 Å². The van der Waals surface area contributed by atoms with Crippen molar-refractivity contribution in [3.05, 3.63) is 28.8 Å². The van der Waals surface area contributed by atoms with E-state index in [-0.39, 0.29) is 5.54 Å². The summed E-state index contributed by atoms with van der Waals surface area (Å²) in [6, 6.07) is 4.43. The van der Waals surface area contributed by atoms with Crippen molar-refractivity contribution < 1.29 is 4.74 Å². The molecule has 0 amide bonds. The molecule has 0 saturated carbocycles. The summed E-state index contributed by atoms with van der Waals surface area (Å²) < 4.78 is 5.89. The number of rotatable bonds is 3. The molecule has 1 aliphatic rings. The largest absolute Gasteiger partial charge is 0.493 e. The van der Waals surface area contributed by atoms with Crippen molar-refractivity contribution in [2.45, 2.75) is 46.1 Å². The van der Waals surface area contributed by atoms with Gasteiger partial charge in [0.25, 0.3) is 0 Å². The molecule has 94 valence electrons. The third-order valence-electron chi connectivity index (χ3n) is 3.93. The lowest BCUT2D eigenvalue weighted by Crippen LogP contribution is -2.33. The lowest BCUT2D eigenvalue weighted by molar-refractivity contribution is 0.317. The number of hydrogen-bond donors (Lipinski definition) is 1. The zero-order valence-electron chi connectivity index (χ0n) is 11.4. The summed E-state index contributed by atoms with van der Waals surface area (Å²) in [6.07, 6.45) is 2.44. The van der Waals surface area contributed by atoms with Gasteiger partial charge in [-0.3, -0.25) is 0 Å². The quantitative estimate of drug-likeness (QED) is 0.865. The van der Waals surface area contributed by atoms with Gasteiger partial charge in [-0.25, -0.2) is 0 Å². The van der Waals surface area contributed by atoms with E-state index in [0.717, 1.165) is 18.9 Å². The second-order valence-electron chi connectivity index (χ2n) is 5.18. The highest BCUT2D eigenvalue weighted by Crippen LogP contribution is 2.39. The highest BCUT2D eigenvalue weighted by atomic mass is 16.5. The van der Waals surface area contributed by atoms with Crippen LogP contribution in [0.25, 0.3) is 0 Å². The fourth-order valence-electron chi connectivity index (χ4n) is 2.68. The van der Waals surface area contributed by atoms with Gasteiger partial charge < -0.3 is 10.1 Å². The van der Waals surface area contributed by atoms with Crippen molar-refractivity contribution in [2.75, 3.05) is 13.2 Å². The van der Waals surface area contributed by atoms with Gasteiger partial charge in [0, 0.05) is 11.1 Å². The molecular formula is C15H23NO. The Balaban J connectivity index is 2.49. The standard InChI is InChI=1S/C15H23NO/c1-5-17-14-12(3)11(2)7-8-13(14)15(4)9-6-10-16-15/h7-8,16H,5-6,9-10H2,1-4H3. The number of benzene rings is 1. The molecule has 1 fully saturated rings. The summed E-state index contributed by atoms with van der Waals surface area (Å²) in [5.41, 5.74) is 3.99. The first-order chi connectivity index (χ1) is 8.08. The number of nitrogens with one attached hydrogen (secondary N) is 1. The summed E-state index contributed by atoms with van der Waals surface area (Å²) in [5.74, 6) is 1.09. The Morgan fingerprint density at radius 3 is 2.71 bits per heavy atom. The molecule has 2 rings (SSSR count). The smallest absolute Gasteiger partial charge is 0.127 e. The van der Waals surface area contributed by atoms with E-state index in [9.17, 15) is 0 Å².